The minimum atomic E-state index is 0.181. The topological polar surface area (TPSA) is 32.7 Å². The molecule has 0 heterocycles. The molecule has 1 N–H and O–H groups in total. The molecule has 0 bridgehead atoms. The van der Waals surface area contributed by atoms with Gasteiger partial charge in [-0.25, -0.2) is 0 Å². The lowest BCUT2D eigenvalue weighted by Gasteiger charge is -2.37. The Bertz CT molecular complexity index is 418. The van der Waals surface area contributed by atoms with Crippen molar-refractivity contribution in [3.63, 3.8) is 0 Å². The Kier molecular flexibility index (Phi) is 5.65. The molecule has 1 aliphatic carbocycles. The predicted molar refractivity (Wildman–Crippen MR) is 86.9 cm³/mol. The molecule has 1 saturated carbocycles. The number of rotatable bonds is 7. The molecule has 0 aromatic heterocycles. The van der Waals surface area contributed by atoms with Gasteiger partial charge in [-0.05, 0) is 36.0 Å². The third-order valence-electron chi connectivity index (χ3n) is 4.35. The Labute approximate surface area is 128 Å². The average molecular weight is 291 g/mol. The van der Waals surface area contributed by atoms with Gasteiger partial charge in [0.1, 0.15) is 12.4 Å². The van der Waals surface area contributed by atoms with Crippen molar-refractivity contribution in [2.24, 2.45) is 0 Å². The van der Waals surface area contributed by atoms with Gasteiger partial charge >= 0.3 is 0 Å². The van der Waals surface area contributed by atoms with Crippen LogP contribution in [-0.4, -0.2) is 42.4 Å². The summed E-state index contributed by atoms with van der Waals surface area (Å²) in [4.78, 5) is 2.35. The van der Waals surface area contributed by atoms with Crippen LogP contribution < -0.4 is 4.74 Å². The van der Waals surface area contributed by atoms with E-state index < -0.39 is 0 Å². The van der Waals surface area contributed by atoms with Gasteiger partial charge in [0.05, 0.1) is 6.61 Å². The van der Waals surface area contributed by atoms with E-state index in [-0.39, 0.29) is 12.0 Å². The van der Waals surface area contributed by atoms with E-state index in [0.717, 1.165) is 18.8 Å². The van der Waals surface area contributed by atoms with Gasteiger partial charge in [-0.15, -0.1) is 0 Å². The van der Waals surface area contributed by atoms with E-state index >= 15 is 0 Å². The first-order chi connectivity index (χ1) is 10.0. The molecule has 1 aromatic rings. The number of nitrogens with zero attached hydrogens (tertiary/aromatic N) is 1. The summed E-state index contributed by atoms with van der Waals surface area (Å²) in [6.07, 6.45) is 3.85. The standard InChI is InChI=1S/C18H29NO2/c1-18(2,3)15-7-9-17(10-8-15)21-14-12-19(11-13-20)16-5-4-6-16/h7-10,16,20H,4-6,11-14H2,1-3H3. The van der Waals surface area contributed by atoms with Crippen molar-refractivity contribution >= 4 is 0 Å². The summed E-state index contributed by atoms with van der Waals surface area (Å²) in [6, 6.07) is 9.06. The van der Waals surface area contributed by atoms with Gasteiger partial charge in [0, 0.05) is 19.1 Å². The zero-order valence-corrected chi connectivity index (χ0v) is 13.6. The zero-order chi connectivity index (χ0) is 15.3. The molecule has 0 radical (unpaired) electrons. The first kappa shape index (κ1) is 16.3. The molecule has 2 rings (SSSR count). The molecule has 0 amide bonds. The van der Waals surface area contributed by atoms with Crippen LogP contribution in [0.3, 0.4) is 0 Å². The van der Waals surface area contributed by atoms with Crippen LogP contribution in [0, 0.1) is 0 Å². The number of aliphatic hydroxyl groups excluding tert-OH is 1. The molecular formula is C18H29NO2. The van der Waals surface area contributed by atoms with Crippen LogP contribution in [0.25, 0.3) is 0 Å². The normalized spacial score (nSPS) is 16.0. The lowest BCUT2D eigenvalue weighted by atomic mass is 9.87. The second-order valence-corrected chi connectivity index (χ2v) is 6.97. The molecule has 21 heavy (non-hydrogen) atoms. The molecule has 118 valence electrons. The Morgan fingerprint density at radius 1 is 1.14 bits per heavy atom. The van der Waals surface area contributed by atoms with Crippen LogP contribution in [0.5, 0.6) is 5.75 Å². The largest absolute Gasteiger partial charge is 0.492 e. The summed E-state index contributed by atoms with van der Waals surface area (Å²) >= 11 is 0. The maximum absolute atomic E-state index is 9.15. The van der Waals surface area contributed by atoms with E-state index in [2.05, 4.69) is 49.9 Å². The van der Waals surface area contributed by atoms with E-state index in [0.29, 0.717) is 12.6 Å². The first-order valence-corrected chi connectivity index (χ1v) is 8.09. The van der Waals surface area contributed by atoms with E-state index in [1.165, 1.54) is 24.8 Å². The highest BCUT2D eigenvalue weighted by Gasteiger charge is 2.24. The monoisotopic (exact) mass is 291 g/mol. The predicted octanol–water partition coefficient (Wildman–Crippen LogP) is 3.21. The number of hydrogen-bond acceptors (Lipinski definition) is 3. The summed E-state index contributed by atoms with van der Waals surface area (Å²) in [5.41, 5.74) is 1.51. The fourth-order valence-electron chi connectivity index (χ4n) is 2.69. The molecule has 3 nitrogen and oxygen atoms in total. The minimum absolute atomic E-state index is 0.181. The van der Waals surface area contributed by atoms with Gasteiger partial charge in [-0.3, -0.25) is 4.90 Å². The third-order valence-corrected chi connectivity index (χ3v) is 4.35. The Morgan fingerprint density at radius 2 is 1.81 bits per heavy atom. The molecule has 0 atom stereocenters. The maximum Gasteiger partial charge on any atom is 0.119 e. The van der Waals surface area contributed by atoms with Crippen molar-refractivity contribution in [1.29, 1.82) is 0 Å². The van der Waals surface area contributed by atoms with Crippen LogP contribution in [0.1, 0.15) is 45.6 Å². The molecule has 1 aromatic carbocycles. The van der Waals surface area contributed by atoms with Crippen LogP contribution in [0.4, 0.5) is 0 Å². The van der Waals surface area contributed by atoms with Crippen LogP contribution in [0.2, 0.25) is 0 Å². The summed E-state index contributed by atoms with van der Waals surface area (Å²) < 4.78 is 5.85. The molecule has 1 fully saturated rings. The van der Waals surface area contributed by atoms with Crippen molar-refractivity contribution in [1.82, 2.24) is 4.90 Å². The summed E-state index contributed by atoms with van der Waals surface area (Å²) in [5.74, 6) is 0.931. The fourth-order valence-corrected chi connectivity index (χ4v) is 2.69. The number of benzene rings is 1. The molecule has 3 heteroatoms. The lowest BCUT2D eigenvalue weighted by molar-refractivity contribution is 0.0860. The van der Waals surface area contributed by atoms with E-state index in [1.54, 1.807) is 0 Å². The van der Waals surface area contributed by atoms with Crippen molar-refractivity contribution in [2.45, 2.75) is 51.5 Å². The van der Waals surface area contributed by atoms with E-state index in [9.17, 15) is 0 Å². The van der Waals surface area contributed by atoms with Gasteiger partial charge in [-0.1, -0.05) is 39.3 Å². The van der Waals surface area contributed by atoms with E-state index in [4.69, 9.17) is 9.84 Å². The number of hydrogen-bond donors (Lipinski definition) is 1. The lowest BCUT2D eigenvalue weighted by Crippen LogP contribution is -2.43. The molecule has 0 unspecified atom stereocenters. The molecular weight excluding hydrogens is 262 g/mol. The molecule has 0 saturated heterocycles. The SMILES string of the molecule is CC(C)(C)c1ccc(OCCN(CCO)C2CCC2)cc1. The highest BCUT2D eigenvalue weighted by molar-refractivity contribution is 5.31. The Morgan fingerprint density at radius 3 is 2.29 bits per heavy atom. The average Bonchev–Trinajstić information content (AvgIpc) is 2.36. The zero-order valence-electron chi connectivity index (χ0n) is 13.6. The number of aliphatic hydroxyl groups is 1. The smallest absolute Gasteiger partial charge is 0.119 e. The van der Waals surface area contributed by atoms with Crippen molar-refractivity contribution < 1.29 is 9.84 Å². The molecule has 0 aliphatic heterocycles. The van der Waals surface area contributed by atoms with E-state index in [1.807, 2.05) is 0 Å². The van der Waals surface area contributed by atoms with Gasteiger partial charge in [0.15, 0.2) is 0 Å². The maximum atomic E-state index is 9.15. The summed E-state index contributed by atoms with van der Waals surface area (Å²) in [6.45, 7) is 9.22. The molecule has 1 aliphatic rings. The summed E-state index contributed by atoms with van der Waals surface area (Å²) in [7, 11) is 0. The van der Waals surface area contributed by atoms with Gasteiger partial charge < -0.3 is 9.84 Å². The van der Waals surface area contributed by atoms with Crippen molar-refractivity contribution in [3.05, 3.63) is 29.8 Å². The van der Waals surface area contributed by atoms with Gasteiger partial charge in [0.2, 0.25) is 0 Å². The van der Waals surface area contributed by atoms with Crippen LogP contribution >= 0.6 is 0 Å². The van der Waals surface area contributed by atoms with Gasteiger partial charge in [-0.2, -0.15) is 0 Å². The third kappa shape index (κ3) is 4.72. The highest BCUT2D eigenvalue weighted by atomic mass is 16.5. The Balaban J connectivity index is 1.79. The number of ether oxygens (including phenoxy) is 1. The van der Waals surface area contributed by atoms with Crippen molar-refractivity contribution in [3.8, 4) is 5.75 Å². The second-order valence-electron chi connectivity index (χ2n) is 6.97. The minimum Gasteiger partial charge on any atom is -0.492 e. The second kappa shape index (κ2) is 7.28. The highest BCUT2D eigenvalue weighted by Crippen LogP contribution is 2.25. The van der Waals surface area contributed by atoms with Crippen molar-refractivity contribution in [2.75, 3.05) is 26.3 Å². The Hall–Kier alpha value is -1.06. The fraction of sp³-hybridized carbons (Fsp3) is 0.667. The molecule has 0 spiro atoms. The van der Waals surface area contributed by atoms with Gasteiger partial charge in [0.25, 0.3) is 0 Å². The summed E-state index contributed by atoms with van der Waals surface area (Å²) in [5, 5.41) is 9.15. The van der Waals surface area contributed by atoms with Crippen LogP contribution in [0.15, 0.2) is 24.3 Å². The van der Waals surface area contributed by atoms with Crippen LogP contribution in [-0.2, 0) is 5.41 Å². The quantitative estimate of drug-likeness (QED) is 0.837. The first-order valence-electron chi connectivity index (χ1n) is 8.09.